The SMILES string of the molecule is C=C(C)C(CC(=O)O)N1C(=O)C(NC(=O)COc2ccccc2)C1F. The molecule has 0 saturated carbocycles. The lowest BCUT2D eigenvalue weighted by Crippen LogP contribution is -2.72. The number of halogens is 1. The van der Waals surface area contributed by atoms with E-state index in [1.54, 1.807) is 30.3 Å². The first-order chi connectivity index (χ1) is 11.8. The average molecular weight is 350 g/mol. The first kappa shape index (κ1) is 18.4. The second-order valence-electron chi connectivity index (χ2n) is 5.73. The van der Waals surface area contributed by atoms with E-state index in [1.165, 1.54) is 6.92 Å². The van der Waals surface area contributed by atoms with Crippen molar-refractivity contribution < 1.29 is 28.6 Å². The minimum absolute atomic E-state index is 0.357. The van der Waals surface area contributed by atoms with Gasteiger partial charge in [0.05, 0.1) is 12.5 Å². The number of amides is 2. The van der Waals surface area contributed by atoms with Crippen molar-refractivity contribution in [3.05, 3.63) is 42.5 Å². The fourth-order valence-corrected chi connectivity index (χ4v) is 2.49. The molecular weight excluding hydrogens is 331 g/mol. The van der Waals surface area contributed by atoms with Gasteiger partial charge in [0.15, 0.2) is 12.6 Å². The molecule has 2 rings (SSSR count). The lowest BCUT2D eigenvalue weighted by Gasteiger charge is -2.46. The van der Waals surface area contributed by atoms with Crippen molar-refractivity contribution in [3.63, 3.8) is 0 Å². The summed E-state index contributed by atoms with van der Waals surface area (Å²) < 4.78 is 19.5. The van der Waals surface area contributed by atoms with Crippen LogP contribution >= 0.6 is 0 Å². The van der Waals surface area contributed by atoms with E-state index in [1.807, 2.05) is 0 Å². The summed E-state index contributed by atoms with van der Waals surface area (Å²) >= 11 is 0. The predicted molar refractivity (Wildman–Crippen MR) is 86.5 cm³/mol. The van der Waals surface area contributed by atoms with Gasteiger partial charge in [0.1, 0.15) is 5.75 Å². The molecule has 0 radical (unpaired) electrons. The van der Waals surface area contributed by atoms with E-state index >= 15 is 0 Å². The quantitative estimate of drug-likeness (QED) is 0.416. The number of β-lactam (4-membered cyclic amide) rings is 1. The number of hydrogen-bond acceptors (Lipinski definition) is 4. The normalized spacial score (nSPS) is 20.4. The van der Waals surface area contributed by atoms with Crippen LogP contribution in [0.1, 0.15) is 13.3 Å². The van der Waals surface area contributed by atoms with Gasteiger partial charge in [-0.15, -0.1) is 0 Å². The van der Waals surface area contributed by atoms with Gasteiger partial charge in [-0.3, -0.25) is 14.4 Å². The van der Waals surface area contributed by atoms with E-state index in [-0.39, 0.29) is 6.61 Å². The number of alkyl halides is 1. The molecule has 1 aliphatic rings. The molecule has 3 atom stereocenters. The number of rotatable bonds is 8. The van der Waals surface area contributed by atoms with Crippen LogP contribution in [0.15, 0.2) is 42.5 Å². The maximum atomic E-state index is 14.3. The molecule has 0 spiro atoms. The lowest BCUT2D eigenvalue weighted by atomic mass is 9.96. The van der Waals surface area contributed by atoms with Crippen molar-refractivity contribution >= 4 is 17.8 Å². The van der Waals surface area contributed by atoms with Crippen LogP contribution in [0.3, 0.4) is 0 Å². The smallest absolute Gasteiger partial charge is 0.305 e. The third-order valence-electron chi connectivity index (χ3n) is 3.76. The number of nitrogens with one attached hydrogen (secondary N) is 1. The largest absolute Gasteiger partial charge is 0.484 e. The first-order valence-electron chi connectivity index (χ1n) is 7.62. The van der Waals surface area contributed by atoms with E-state index in [4.69, 9.17) is 9.84 Å². The Morgan fingerprint density at radius 3 is 2.56 bits per heavy atom. The van der Waals surface area contributed by atoms with Gasteiger partial charge in [-0.1, -0.05) is 30.4 Å². The van der Waals surface area contributed by atoms with Gasteiger partial charge >= 0.3 is 5.97 Å². The van der Waals surface area contributed by atoms with Gasteiger partial charge in [-0.2, -0.15) is 0 Å². The van der Waals surface area contributed by atoms with Crippen molar-refractivity contribution in [2.45, 2.75) is 31.7 Å². The van der Waals surface area contributed by atoms with Crippen molar-refractivity contribution in [2.75, 3.05) is 6.61 Å². The van der Waals surface area contributed by atoms with Crippen LogP contribution in [0.4, 0.5) is 4.39 Å². The molecule has 2 N–H and O–H groups in total. The number of carboxylic acid groups (broad SMARTS) is 1. The molecule has 0 bridgehead atoms. The number of carbonyl (C=O) groups is 3. The Morgan fingerprint density at radius 2 is 2.04 bits per heavy atom. The molecule has 1 heterocycles. The van der Waals surface area contributed by atoms with Crippen LogP contribution in [0, 0.1) is 0 Å². The summed E-state index contributed by atoms with van der Waals surface area (Å²) in [5, 5.41) is 11.1. The molecule has 7 nitrogen and oxygen atoms in total. The minimum atomic E-state index is -1.81. The molecule has 25 heavy (non-hydrogen) atoms. The zero-order chi connectivity index (χ0) is 18.6. The summed E-state index contributed by atoms with van der Waals surface area (Å²) in [7, 11) is 0. The summed E-state index contributed by atoms with van der Waals surface area (Å²) in [5.74, 6) is -2.03. The molecule has 1 aliphatic heterocycles. The zero-order valence-electron chi connectivity index (χ0n) is 13.6. The molecular formula is C17H19FN2O5. The molecule has 0 aliphatic carbocycles. The minimum Gasteiger partial charge on any atom is -0.484 e. The van der Waals surface area contributed by atoms with Gasteiger partial charge < -0.3 is 20.1 Å². The molecule has 0 aromatic heterocycles. The van der Waals surface area contributed by atoms with Gasteiger partial charge in [0.2, 0.25) is 6.30 Å². The van der Waals surface area contributed by atoms with E-state index in [0.29, 0.717) is 11.3 Å². The summed E-state index contributed by atoms with van der Waals surface area (Å²) in [6.45, 7) is 4.76. The topological polar surface area (TPSA) is 95.9 Å². The molecule has 1 saturated heterocycles. The fourth-order valence-electron chi connectivity index (χ4n) is 2.49. The van der Waals surface area contributed by atoms with E-state index in [0.717, 1.165) is 4.90 Å². The number of nitrogens with zero attached hydrogens (tertiary/aromatic N) is 1. The van der Waals surface area contributed by atoms with Crippen molar-refractivity contribution in [1.29, 1.82) is 0 Å². The van der Waals surface area contributed by atoms with E-state index < -0.39 is 42.6 Å². The Bertz CT molecular complexity index is 679. The Kier molecular flexibility index (Phi) is 5.74. The van der Waals surface area contributed by atoms with E-state index in [2.05, 4.69) is 11.9 Å². The highest BCUT2D eigenvalue weighted by molar-refractivity contribution is 5.94. The third-order valence-corrected chi connectivity index (χ3v) is 3.76. The third kappa shape index (κ3) is 4.34. The second kappa shape index (κ2) is 7.78. The Balaban J connectivity index is 1.89. The number of para-hydroxylation sites is 1. The second-order valence-corrected chi connectivity index (χ2v) is 5.73. The Morgan fingerprint density at radius 1 is 1.40 bits per heavy atom. The Labute approximate surface area is 144 Å². The van der Waals surface area contributed by atoms with Crippen LogP contribution in [0.25, 0.3) is 0 Å². The monoisotopic (exact) mass is 350 g/mol. The molecule has 1 fully saturated rings. The number of carboxylic acids is 1. The zero-order valence-corrected chi connectivity index (χ0v) is 13.6. The van der Waals surface area contributed by atoms with Crippen LogP contribution < -0.4 is 10.1 Å². The number of hydrogen-bond donors (Lipinski definition) is 2. The van der Waals surface area contributed by atoms with Crippen LogP contribution in [0.2, 0.25) is 0 Å². The summed E-state index contributed by atoms with van der Waals surface area (Å²) in [6, 6.07) is 6.28. The average Bonchev–Trinajstić information content (AvgIpc) is 2.57. The number of benzene rings is 1. The maximum Gasteiger partial charge on any atom is 0.305 e. The summed E-state index contributed by atoms with van der Waals surface area (Å²) in [5.41, 5.74) is 0.357. The fraction of sp³-hybridized carbons (Fsp3) is 0.353. The highest BCUT2D eigenvalue weighted by Crippen LogP contribution is 2.28. The van der Waals surface area contributed by atoms with Gasteiger partial charge in [0, 0.05) is 0 Å². The Hall–Kier alpha value is -2.90. The van der Waals surface area contributed by atoms with Crippen LogP contribution in [-0.2, 0) is 14.4 Å². The predicted octanol–water partition coefficient (Wildman–Crippen LogP) is 1.11. The first-order valence-corrected chi connectivity index (χ1v) is 7.62. The lowest BCUT2D eigenvalue weighted by molar-refractivity contribution is -0.169. The molecule has 2 amide bonds. The molecule has 134 valence electrons. The van der Waals surface area contributed by atoms with Crippen molar-refractivity contribution in [2.24, 2.45) is 0 Å². The summed E-state index contributed by atoms with van der Waals surface area (Å²) in [4.78, 5) is 35.6. The molecule has 1 aromatic carbocycles. The number of ether oxygens (including phenoxy) is 1. The van der Waals surface area contributed by atoms with Crippen LogP contribution in [-0.4, -0.2) is 52.8 Å². The molecule has 1 aromatic rings. The highest BCUT2D eigenvalue weighted by Gasteiger charge is 2.52. The standard InChI is InChI=1S/C17H19FN2O5/c1-10(2)12(8-14(22)23)20-16(18)15(17(20)24)19-13(21)9-25-11-6-4-3-5-7-11/h3-7,12,15-16H,1,8-9H2,2H3,(H,19,21)(H,22,23). The summed E-state index contributed by atoms with van der Waals surface area (Å²) in [6.07, 6.45) is -2.26. The van der Waals surface area contributed by atoms with Crippen LogP contribution in [0.5, 0.6) is 5.75 Å². The number of likely N-dealkylation sites (tertiary alicyclic amines) is 1. The van der Waals surface area contributed by atoms with Crippen molar-refractivity contribution in [3.8, 4) is 5.75 Å². The van der Waals surface area contributed by atoms with Gasteiger partial charge in [-0.25, -0.2) is 4.39 Å². The van der Waals surface area contributed by atoms with E-state index in [9.17, 15) is 18.8 Å². The molecule has 8 heteroatoms. The maximum absolute atomic E-state index is 14.3. The molecule has 3 unspecified atom stereocenters. The number of aliphatic carboxylic acids is 1. The van der Waals surface area contributed by atoms with Gasteiger partial charge in [0.25, 0.3) is 11.8 Å². The van der Waals surface area contributed by atoms with Crippen molar-refractivity contribution in [1.82, 2.24) is 10.2 Å². The highest BCUT2D eigenvalue weighted by atomic mass is 19.1. The van der Waals surface area contributed by atoms with Gasteiger partial charge in [-0.05, 0) is 19.1 Å². The number of carbonyl (C=O) groups excluding carboxylic acids is 2.